The molecular weight excluding hydrogens is 358 g/mol. The Bertz CT molecular complexity index is 950. The van der Waals surface area contributed by atoms with Crippen LogP contribution in [0.2, 0.25) is 0 Å². The van der Waals surface area contributed by atoms with E-state index >= 15 is 0 Å². The third kappa shape index (κ3) is 4.09. The number of rotatable bonds is 6. The average molecular weight is 374 g/mol. The molecule has 0 saturated carbocycles. The lowest BCUT2D eigenvalue weighted by Crippen LogP contribution is -2.44. The number of hydrogen-bond donors (Lipinski definition) is 3. The van der Waals surface area contributed by atoms with Gasteiger partial charge in [0.1, 0.15) is 35.6 Å². The molecule has 27 heavy (non-hydrogen) atoms. The van der Waals surface area contributed by atoms with Crippen LogP contribution in [0.3, 0.4) is 0 Å². The fourth-order valence-corrected chi connectivity index (χ4v) is 2.67. The Morgan fingerprint density at radius 3 is 2.67 bits per heavy atom. The van der Waals surface area contributed by atoms with Gasteiger partial charge >= 0.3 is 0 Å². The van der Waals surface area contributed by atoms with Crippen LogP contribution < -0.4 is 5.32 Å². The molecule has 0 fully saturated rings. The number of benzene rings is 2. The largest absolute Gasteiger partial charge is 0.507 e. The molecule has 7 nitrogen and oxygen atoms in total. The fourth-order valence-electron chi connectivity index (χ4n) is 2.67. The topological polar surface area (TPSA) is 100 Å². The van der Waals surface area contributed by atoms with Gasteiger partial charge in [0, 0.05) is 11.6 Å². The first-order chi connectivity index (χ1) is 12.9. The highest BCUT2D eigenvalue weighted by Crippen LogP contribution is 2.26. The van der Waals surface area contributed by atoms with Crippen LogP contribution in [0.5, 0.6) is 5.75 Å². The van der Waals surface area contributed by atoms with Gasteiger partial charge in [0.15, 0.2) is 0 Å². The van der Waals surface area contributed by atoms with E-state index < -0.39 is 29.7 Å². The molecule has 0 aliphatic carbocycles. The van der Waals surface area contributed by atoms with E-state index in [1.165, 1.54) is 29.5 Å². The molecule has 0 bridgehead atoms. The minimum absolute atomic E-state index is 0.000170. The van der Waals surface area contributed by atoms with Crippen molar-refractivity contribution < 1.29 is 23.8 Å². The number of hydrogen-bond acceptors (Lipinski definition) is 5. The number of nitrogens with one attached hydrogen (secondary N) is 1. The van der Waals surface area contributed by atoms with Gasteiger partial charge in [-0.1, -0.05) is 18.2 Å². The van der Waals surface area contributed by atoms with E-state index in [1.54, 1.807) is 12.1 Å². The van der Waals surface area contributed by atoms with Crippen molar-refractivity contribution in [1.29, 1.82) is 0 Å². The highest BCUT2D eigenvalue weighted by atomic mass is 19.1. The summed E-state index contributed by atoms with van der Waals surface area (Å²) in [6, 6.07) is 8.63. The second kappa shape index (κ2) is 7.50. The van der Waals surface area contributed by atoms with E-state index in [4.69, 9.17) is 0 Å². The number of amides is 1. The maximum Gasteiger partial charge on any atom is 0.255 e. The molecule has 1 aromatic heterocycles. The first-order valence-corrected chi connectivity index (χ1v) is 7.95. The summed E-state index contributed by atoms with van der Waals surface area (Å²) in [5, 5.41) is 27.2. The number of carbonyl (C=O) groups is 1. The molecule has 0 unspecified atom stereocenters. The second-order valence-electron chi connectivity index (χ2n) is 5.95. The van der Waals surface area contributed by atoms with E-state index in [-0.39, 0.29) is 23.4 Å². The number of aliphatic hydroxyl groups is 1. The summed E-state index contributed by atoms with van der Waals surface area (Å²) in [7, 11) is 0. The smallest absolute Gasteiger partial charge is 0.255 e. The van der Waals surface area contributed by atoms with Crippen molar-refractivity contribution >= 4 is 5.91 Å². The minimum atomic E-state index is -1.94. The predicted molar refractivity (Wildman–Crippen MR) is 90.7 cm³/mol. The Balaban J connectivity index is 1.88. The van der Waals surface area contributed by atoms with E-state index in [0.29, 0.717) is 6.07 Å². The predicted octanol–water partition coefficient (Wildman–Crippen LogP) is 1.58. The van der Waals surface area contributed by atoms with Gasteiger partial charge in [-0.05, 0) is 18.2 Å². The summed E-state index contributed by atoms with van der Waals surface area (Å²) in [6.07, 6.45) is 2.55. The maximum absolute atomic E-state index is 14.3. The number of aromatic nitrogens is 3. The third-order valence-electron chi connectivity index (χ3n) is 4.01. The molecule has 0 radical (unpaired) electrons. The zero-order chi connectivity index (χ0) is 19.4. The number of phenolic OH excluding ortho intramolecular Hbond substituents is 1. The molecule has 0 aliphatic heterocycles. The van der Waals surface area contributed by atoms with Crippen LogP contribution in [0.25, 0.3) is 0 Å². The van der Waals surface area contributed by atoms with Crippen molar-refractivity contribution in [2.75, 3.05) is 6.54 Å². The molecule has 3 aromatic rings. The number of para-hydroxylation sites is 1. The third-order valence-corrected chi connectivity index (χ3v) is 4.01. The number of nitrogens with zero attached hydrogens (tertiary/aromatic N) is 3. The number of phenols is 1. The molecular formula is C18H16F2N4O3. The molecule has 0 saturated heterocycles. The Hall–Kier alpha value is -3.33. The molecule has 3 rings (SSSR count). The van der Waals surface area contributed by atoms with Crippen molar-refractivity contribution in [2.45, 2.75) is 12.1 Å². The standard InChI is InChI=1S/C18H16F2N4O3/c19-12-5-6-14(15(20)7-12)18(27,9-24-11-21-10-23-24)8-22-17(26)13-3-1-2-4-16(13)25/h1-7,10-11,25,27H,8-9H2,(H,22,26)/t18-/m0/s1. The molecule has 1 amide bonds. The zero-order valence-corrected chi connectivity index (χ0v) is 14.0. The lowest BCUT2D eigenvalue weighted by atomic mass is 9.92. The molecule has 2 aromatic carbocycles. The zero-order valence-electron chi connectivity index (χ0n) is 14.0. The Morgan fingerprint density at radius 1 is 1.22 bits per heavy atom. The van der Waals surface area contributed by atoms with E-state index in [9.17, 15) is 23.8 Å². The number of carbonyl (C=O) groups excluding carboxylic acids is 1. The van der Waals surface area contributed by atoms with Crippen LogP contribution in [-0.2, 0) is 12.1 Å². The van der Waals surface area contributed by atoms with Crippen molar-refractivity contribution in [1.82, 2.24) is 20.1 Å². The molecule has 0 aliphatic rings. The summed E-state index contributed by atoms with van der Waals surface area (Å²) in [6.45, 7) is -0.654. The maximum atomic E-state index is 14.3. The fraction of sp³-hybridized carbons (Fsp3) is 0.167. The normalized spacial score (nSPS) is 13.1. The highest BCUT2D eigenvalue weighted by molar-refractivity contribution is 5.96. The first-order valence-electron chi connectivity index (χ1n) is 7.95. The van der Waals surface area contributed by atoms with Crippen LogP contribution >= 0.6 is 0 Å². The number of halogens is 2. The highest BCUT2D eigenvalue weighted by Gasteiger charge is 2.34. The van der Waals surface area contributed by atoms with Crippen molar-refractivity contribution in [3.05, 3.63) is 77.9 Å². The molecule has 3 N–H and O–H groups in total. The van der Waals surface area contributed by atoms with Crippen LogP contribution in [0, 0.1) is 11.6 Å². The Labute approximate surface area is 152 Å². The van der Waals surface area contributed by atoms with Gasteiger partial charge in [0.05, 0.1) is 18.7 Å². The Kier molecular flexibility index (Phi) is 5.13. The SMILES string of the molecule is O=C(NC[C@](O)(Cn1cncn1)c1ccc(F)cc1F)c1ccccc1O. The van der Waals surface area contributed by atoms with E-state index in [0.717, 1.165) is 12.1 Å². The van der Waals surface area contributed by atoms with Gasteiger partial charge in [0.2, 0.25) is 0 Å². The molecule has 0 spiro atoms. The monoisotopic (exact) mass is 374 g/mol. The first kappa shape index (κ1) is 18.5. The number of aromatic hydroxyl groups is 1. The van der Waals surface area contributed by atoms with Crippen LogP contribution in [0.15, 0.2) is 55.1 Å². The van der Waals surface area contributed by atoms with Gasteiger partial charge in [-0.3, -0.25) is 4.79 Å². The lowest BCUT2D eigenvalue weighted by molar-refractivity contribution is 0.0120. The summed E-state index contributed by atoms with van der Waals surface area (Å²) >= 11 is 0. The van der Waals surface area contributed by atoms with E-state index in [2.05, 4.69) is 15.4 Å². The lowest BCUT2D eigenvalue weighted by Gasteiger charge is -2.29. The average Bonchev–Trinajstić information content (AvgIpc) is 3.12. The van der Waals surface area contributed by atoms with Gasteiger partial charge < -0.3 is 15.5 Å². The van der Waals surface area contributed by atoms with Crippen LogP contribution in [-0.4, -0.2) is 37.4 Å². The van der Waals surface area contributed by atoms with Gasteiger partial charge in [-0.2, -0.15) is 5.10 Å². The van der Waals surface area contributed by atoms with Crippen LogP contribution in [0.1, 0.15) is 15.9 Å². The van der Waals surface area contributed by atoms with Gasteiger partial charge in [0.25, 0.3) is 5.91 Å². The molecule has 9 heteroatoms. The Morgan fingerprint density at radius 2 is 2.00 bits per heavy atom. The van der Waals surface area contributed by atoms with Gasteiger partial charge in [-0.25, -0.2) is 18.4 Å². The quantitative estimate of drug-likeness (QED) is 0.608. The summed E-state index contributed by atoms with van der Waals surface area (Å²) in [5.74, 6) is -2.65. The summed E-state index contributed by atoms with van der Waals surface area (Å²) < 4.78 is 28.8. The second-order valence-corrected chi connectivity index (χ2v) is 5.95. The van der Waals surface area contributed by atoms with Crippen molar-refractivity contribution in [3.63, 3.8) is 0 Å². The molecule has 140 valence electrons. The summed E-state index contributed by atoms with van der Waals surface area (Å²) in [4.78, 5) is 16.1. The van der Waals surface area contributed by atoms with Crippen molar-refractivity contribution in [2.24, 2.45) is 0 Å². The van der Waals surface area contributed by atoms with Crippen LogP contribution in [0.4, 0.5) is 8.78 Å². The molecule has 1 heterocycles. The van der Waals surface area contributed by atoms with Gasteiger partial charge in [-0.15, -0.1) is 0 Å². The van der Waals surface area contributed by atoms with Crippen molar-refractivity contribution in [3.8, 4) is 5.75 Å². The molecule has 1 atom stereocenters. The van der Waals surface area contributed by atoms with E-state index in [1.807, 2.05) is 0 Å². The minimum Gasteiger partial charge on any atom is -0.507 e. The summed E-state index contributed by atoms with van der Waals surface area (Å²) in [5.41, 5.74) is -2.15.